The molecular formula is C21H33N5S. The SMILES string of the molecule is CN1CCN(CC2CN3CCC2CC3CNC(=S)Nc2ccccc2)CC1. The van der Waals surface area contributed by atoms with Crippen LogP contribution in [0.2, 0.25) is 0 Å². The minimum atomic E-state index is 0.628. The number of benzene rings is 1. The Morgan fingerprint density at radius 3 is 2.59 bits per heavy atom. The summed E-state index contributed by atoms with van der Waals surface area (Å²) < 4.78 is 0. The van der Waals surface area contributed by atoms with Crippen LogP contribution in [0.4, 0.5) is 5.69 Å². The first-order valence-corrected chi connectivity index (χ1v) is 10.8. The van der Waals surface area contributed by atoms with E-state index in [9.17, 15) is 0 Å². The van der Waals surface area contributed by atoms with Gasteiger partial charge in [-0.25, -0.2) is 0 Å². The number of rotatable bonds is 5. The zero-order chi connectivity index (χ0) is 18.6. The van der Waals surface area contributed by atoms with Crippen molar-refractivity contribution in [3.63, 3.8) is 0 Å². The first-order chi connectivity index (χ1) is 13.2. The number of nitrogens with zero attached hydrogens (tertiary/aromatic N) is 3. The number of thiocarbonyl (C=S) groups is 1. The molecule has 0 saturated carbocycles. The van der Waals surface area contributed by atoms with Crippen LogP contribution < -0.4 is 10.6 Å². The van der Waals surface area contributed by atoms with Crippen LogP contribution in [0, 0.1) is 11.8 Å². The Morgan fingerprint density at radius 1 is 1.11 bits per heavy atom. The van der Waals surface area contributed by atoms with Gasteiger partial charge in [0.2, 0.25) is 0 Å². The monoisotopic (exact) mass is 387 g/mol. The third-order valence-electron chi connectivity index (χ3n) is 6.63. The average Bonchev–Trinajstić information content (AvgIpc) is 2.70. The zero-order valence-electron chi connectivity index (χ0n) is 16.4. The van der Waals surface area contributed by atoms with E-state index in [0.29, 0.717) is 6.04 Å². The molecule has 4 atom stereocenters. The van der Waals surface area contributed by atoms with Gasteiger partial charge in [0.05, 0.1) is 0 Å². The number of hydrogen-bond donors (Lipinski definition) is 2. The molecule has 0 aromatic heterocycles. The normalized spacial score (nSPS) is 31.6. The van der Waals surface area contributed by atoms with Gasteiger partial charge in [-0.05, 0) is 62.6 Å². The van der Waals surface area contributed by atoms with Gasteiger partial charge in [-0.15, -0.1) is 0 Å². The second-order valence-corrected chi connectivity index (χ2v) is 8.91. The predicted molar refractivity (Wildman–Crippen MR) is 116 cm³/mol. The fraction of sp³-hybridized carbons (Fsp3) is 0.667. The van der Waals surface area contributed by atoms with E-state index >= 15 is 0 Å². The van der Waals surface area contributed by atoms with Crippen molar-refractivity contribution in [2.24, 2.45) is 11.8 Å². The van der Waals surface area contributed by atoms with Gasteiger partial charge in [-0.1, -0.05) is 18.2 Å². The minimum absolute atomic E-state index is 0.628. The maximum absolute atomic E-state index is 5.48. The van der Waals surface area contributed by atoms with Crippen LogP contribution in [0.15, 0.2) is 30.3 Å². The quantitative estimate of drug-likeness (QED) is 0.752. The summed E-state index contributed by atoms with van der Waals surface area (Å²) in [5.41, 5.74) is 1.05. The zero-order valence-corrected chi connectivity index (χ0v) is 17.3. The van der Waals surface area contributed by atoms with Crippen LogP contribution >= 0.6 is 12.2 Å². The van der Waals surface area contributed by atoms with Crippen LogP contribution in [0.1, 0.15) is 12.8 Å². The number of para-hydroxylation sites is 1. The molecule has 1 aromatic carbocycles. The first-order valence-electron chi connectivity index (χ1n) is 10.4. The highest BCUT2D eigenvalue weighted by Gasteiger charge is 2.40. The summed E-state index contributed by atoms with van der Waals surface area (Å²) in [6, 6.07) is 10.8. The summed E-state index contributed by atoms with van der Waals surface area (Å²) in [4.78, 5) is 7.85. The van der Waals surface area contributed by atoms with E-state index in [1.54, 1.807) is 0 Å². The van der Waals surface area contributed by atoms with E-state index in [2.05, 4.69) is 32.4 Å². The Morgan fingerprint density at radius 2 is 1.89 bits per heavy atom. The maximum atomic E-state index is 5.48. The van der Waals surface area contributed by atoms with E-state index in [1.165, 1.54) is 58.7 Å². The van der Waals surface area contributed by atoms with E-state index in [0.717, 1.165) is 29.2 Å². The highest BCUT2D eigenvalue weighted by Crippen LogP contribution is 2.36. The van der Waals surface area contributed by atoms with Crippen LogP contribution in [0.3, 0.4) is 0 Å². The van der Waals surface area contributed by atoms with Gasteiger partial charge in [-0.2, -0.15) is 0 Å². The lowest BCUT2D eigenvalue weighted by molar-refractivity contribution is -0.0151. The highest BCUT2D eigenvalue weighted by atomic mass is 32.1. The number of hydrogen-bond acceptors (Lipinski definition) is 4. The number of fused-ring (bicyclic) bond motifs is 3. The number of anilines is 1. The fourth-order valence-corrected chi connectivity index (χ4v) is 5.14. The Hall–Kier alpha value is -1.21. The molecule has 1 aromatic rings. The van der Waals surface area contributed by atoms with Crippen molar-refractivity contribution in [3.8, 4) is 0 Å². The lowest BCUT2D eigenvalue weighted by atomic mass is 9.75. The molecule has 0 aliphatic carbocycles. The molecule has 0 radical (unpaired) electrons. The standard InChI is InChI=1S/C21H33N5S/c1-24-9-11-25(12-10-24)15-18-16-26-8-7-17(18)13-20(26)14-22-21(27)23-19-5-3-2-4-6-19/h2-6,17-18,20H,7-16H2,1H3,(H2,22,23,27). The summed E-state index contributed by atoms with van der Waals surface area (Å²) >= 11 is 5.48. The number of nitrogens with one attached hydrogen (secondary N) is 2. The van der Waals surface area contributed by atoms with Gasteiger partial charge in [0.15, 0.2) is 5.11 Å². The molecule has 2 N–H and O–H groups in total. The van der Waals surface area contributed by atoms with Gasteiger partial charge >= 0.3 is 0 Å². The molecule has 148 valence electrons. The van der Waals surface area contributed by atoms with Gasteiger partial charge in [0.1, 0.15) is 0 Å². The lowest BCUT2D eigenvalue weighted by Gasteiger charge is -2.51. The summed E-state index contributed by atoms with van der Waals surface area (Å²) in [7, 11) is 2.24. The molecule has 4 aliphatic heterocycles. The summed E-state index contributed by atoms with van der Waals surface area (Å²) in [6.07, 6.45) is 2.70. The third kappa shape index (κ3) is 4.99. The Kier molecular flexibility index (Phi) is 6.28. The molecular weight excluding hydrogens is 354 g/mol. The van der Waals surface area contributed by atoms with Crippen LogP contribution in [-0.2, 0) is 0 Å². The number of piperidine rings is 3. The molecule has 5 rings (SSSR count). The smallest absolute Gasteiger partial charge is 0.170 e. The Bertz CT molecular complexity index is 616. The number of piperazine rings is 1. The molecule has 4 unspecified atom stereocenters. The fourth-order valence-electron chi connectivity index (χ4n) is 4.94. The Balaban J connectivity index is 1.22. The van der Waals surface area contributed by atoms with Crippen LogP contribution in [0.5, 0.6) is 0 Å². The molecule has 5 nitrogen and oxygen atoms in total. The van der Waals surface area contributed by atoms with Crippen molar-refractivity contribution in [2.45, 2.75) is 18.9 Å². The van der Waals surface area contributed by atoms with Gasteiger partial charge in [-0.3, -0.25) is 4.90 Å². The van der Waals surface area contributed by atoms with Gasteiger partial charge in [0.25, 0.3) is 0 Å². The molecule has 6 heteroatoms. The molecule has 2 bridgehead atoms. The predicted octanol–water partition coefficient (Wildman–Crippen LogP) is 1.93. The van der Waals surface area contributed by atoms with E-state index in [4.69, 9.17) is 12.2 Å². The van der Waals surface area contributed by atoms with Crippen molar-refractivity contribution in [3.05, 3.63) is 30.3 Å². The number of likely N-dealkylation sites (N-methyl/N-ethyl adjacent to an activating group) is 1. The molecule has 4 fully saturated rings. The van der Waals surface area contributed by atoms with Crippen LogP contribution in [0.25, 0.3) is 0 Å². The van der Waals surface area contributed by atoms with Crippen LogP contribution in [-0.4, -0.2) is 85.3 Å². The summed E-state index contributed by atoms with van der Waals surface area (Å²) in [5.74, 6) is 1.74. The minimum Gasteiger partial charge on any atom is -0.361 e. The summed E-state index contributed by atoms with van der Waals surface area (Å²) in [6.45, 7) is 9.70. The Labute approximate surface area is 169 Å². The highest BCUT2D eigenvalue weighted by molar-refractivity contribution is 7.80. The van der Waals surface area contributed by atoms with Crippen molar-refractivity contribution in [2.75, 3.05) is 64.7 Å². The second-order valence-electron chi connectivity index (χ2n) is 8.50. The molecule has 0 amide bonds. The third-order valence-corrected chi connectivity index (χ3v) is 6.88. The second kappa shape index (κ2) is 8.86. The molecule has 4 saturated heterocycles. The topological polar surface area (TPSA) is 33.8 Å². The average molecular weight is 388 g/mol. The lowest BCUT2D eigenvalue weighted by Crippen LogP contribution is -2.59. The first kappa shape index (κ1) is 19.1. The molecule has 0 spiro atoms. The van der Waals surface area contributed by atoms with Crippen molar-refractivity contribution >= 4 is 23.0 Å². The van der Waals surface area contributed by atoms with Crippen molar-refractivity contribution in [1.82, 2.24) is 20.0 Å². The van der Waals surface area contributed by atoms with Gasteiger partial charge < -0.3 is 20.4 Å². The summed E-state index contributed by atoms with van der Waals surface area (Å²) in [5, 5.41) is 7.47. The van der Waals surface area contributed by atoms with Gasteiger partial charge in [0, 0.05) is 57.5 Å². The van der Waals surface area contributed by atoms with E-state index in [1.807, 2.05) is 30.3 Å². The molecule has 4 heterocycles. The van der Waals surface area contributed by atoms with Crippen molar-refractivity contribution in [1.29, 1.82) is 0 Å². The molecule has 4 aliphatic rings. The largest absolute Gasteiger partial charge is 0.361 e. The van der Waals surface area contributed by atoms with Crippen molar-refractivity contribution < 1.29 is 0 Å². The van der Waals surface area contributed by atoms with E-state index < -0.39 is 0 Å². The maximum Gasteiger partial charge on any atom is 0.170 e. The molecule has 27 heavy (non-hydrogen) atoms. The van der Waals surface area contributed by atoms with E-state index in [-0.39, 0.29) is 0 Å².